The summed E-state index contributed by atoms with van der Waals surface area (Å²) < 4.78 is 37.3. The summed E-state index contributed by atoms with van der Waals surface area (Å²) in [4.78, 5) is 0. The van der Waals surface area contributed by atoms with Gasteiger partial charge in [-0.1, -0.05) is 18.2 Å². The molecule has 1 aromatic carbocycles. The van der Waals surface area contributed by atoms with Crippen LogP contribution in [0.1, 0.15) is 23.5 Å². The highest BCUT2D eigenvalue weighted by molar-refractivity contribution is 5.29. The Labute approximate surface area is 86.3 Å². The third kappa shape index (κ3) is 2.31. The summed E-state index contributed by atoms with van der Waals surface area (Å²) >= 11 is 0. The third-order valence-electron chi connectivity index (χ3n) is 2.67. The van der Waals surface area contributed by atoms with Crippen molar-refractivity contribution in [2.75, 3.05) is 13.1 Å². The van der Waals surface area contributed by atoms with E-state index in [4.69, 9.17) is 0 Å². The van der Waals surface area contributed by atoms with Crippen LogP contribution in [0.25, 0.3) is 0 Å². The first-order valence-corrected chi connectivity index (χ1v) is 4.88. The SMILES string of the molecule is FC(F)(F)c1cccc(C2CC[N]C2)c1. The zero-order valence-corrected chi connectivity index (χ0v) is 8.09. The van der Waals surface area contributed by atoms with Crippen LogP contribution in [0.15, 0.2) is 24.3 Å². The molecule has 1 saturated heterocycles. The number of nitrogens with zero attached hydrogens (tertiary/aromatic N) is 1. The van der Waals surface area contributed by atoms with Gasteiger partial charge in [-0.25, -0.2) is 5.32 Å². The van der Waals surface area contributed by atoms with Gasteiger partial charge in [-0.3, -0.25) is 0 Å². The molecular formula is C11H11F3N. The van der Waals surface area contributed by atoms with Crippen LogP contribution in [-0.2, 0) is 6.18 Å². The van der Waals surface area contributed by atoms with Crippen LogP contribution < -0.4 is 5.32 Å². The van der Waals surface area contributed by atoms with E-state index < -0.39 is 11.7 Å². The molecule has 0 spiro atoms. The molecule has 1 heterocycles. The molecule has 81 valence electrons. The zero-order chi connectivity index (χ0) is 10.9. The van der Waals surface area contributed by atoms with Gasteiger partial charge in [-0.15, -0.1) is 0 Å². The van der Waals surface area contributed by atoms with E-state index in [1.165, 1.54) is 12.1 Å². The molecular weight excluding hydrogens is 203 g/mol. The first-order chi connectivity index (χ1) is 7.07. The van der Waals surface area contributed by atoms with E-state index in [-0.39, 0.29) is 5.92 Å². The zero-order valence-electron chi connectivity index (χ0n) is 8.09. The highest BCUT2D eigenvalue weighted by atomic mass is 19.4. The molecule has 0 bridgehead atoms. The second kappa shape index (κ2) is 3.85. The predicted octanol–water partition coefficient (Wildman–Crippen LogP) is 2.80. The average Bonchev–Trinajstić information content (AvgIpc) is 2.69. The van der Waals surface area contributed by atoms with E-state index in [0.29, 0.717) is 6.54 Å². The van der Waals surface area contributed by atoms with E-state index >= 15 is 0 Å². The van der Waals surface area contributed by atoms with Crippen LogP contribution in [0.4, 0.5) is 13.2 Å². The minimum Gasteiger partial charge on any atom is -0.241 e. The van der Waals surface area contributed by atoms with Gasteiger partial charge < -0.3 is 0 Å². The molecule has 0 saturated carbocycles. The molecule has 0 aromatic heterocycles. The molecule has 0 amide bonds. The first-order valence-electron chi connectivity index (χ1n) is 4.88. The fourth-order valence-corrected chi connectivity index (χ4v) is 1.83. The number of halogens is 3. The topological polar surface area (TPSA) is 14.1 Å². The Hall–Kier alpha value is -1.03. The number of hydrogen-bond donors (Lipinski definition) is 0. The maximum Gasteiger partial charge on any atom is 0.416 e. The lowest BCUT2D eigenvalue weighted by molar-refractivity contribution is -0.137. The molecule has 1 atom stereocenters. The lowest BCUT2D eigenvalue weighted by Crippen LogP contribution is -2.07. The highest BCUT2D eigenvalue weighted by Crippen LogP contribution is 2.32. The summed E-state index contributed by atoms with van der Waals surface area (Å²) in [5.41, 5.74) is 0.193. The fraction of sp³-hybridized carbons (Fsp3) is 0.455. The van der Waals surface area contributed by atoms with Crippen LogP contribution in [0.5, 0.6) is 0 Å². The summed E-state index contributed by atoms with van der Waals surface area (Å²) in [7, 11) is 0. The summed E-state index contributed by atoms with van der Waals surface area (Å²) in [5, 5.41) is 4.15. The van der Waals surface area contributed by atoms with Gasteiger partial charge in [0.2, 0.25) is 0 Å². The van der Waals surface area contributed by atoms with Crippen molar-refractivity contribution in [1.29, 1.82) is 0 Å². The van der Waals surface area contributed by atoms with Gasteiger partial charge in [0.1, 0.15) is 0 Å². The van der Waals surface area contributed by atoms with Gasteiger partial charge >= 0.3 is 6.18 Å². The standard InChI is InChI=1S/C11H11F3N/c12-11(13,14)10-3-1-2-8(6-10)9-4-5-15-7-9/h1-3,6,9H,4-5,7H2. The van der Waals surface area contributed by atoms with Crippen molar-refractivity contribution in [3.05, 3.63) is 35.4 Å². The van der Waals surface area contributed by atoms with Crippen molar-refractivity contribution in [3.8, 4) is 0 Å². The molecule has 1 aliphatic heterocycles. The van der Waals surface area contributed by atoms with E-state index in [1.807, 2.05) is 0 Å². The molecule has 1 nitrogen and oxygen atoms in total. The Morgan fingerprint density at radius 2 is 2.07 bits per heavy atom. The molecule has 2 rings (SSSR count). The van der Waals surface area contributed by atoms with Crippen molar-refractivity contribution in [3.63, 3.8) is 0 Å². The summed E-state index contributed by atoms with van der Waals surface area (Å²) in [6, 6.07) is 5.57. The highest BCUT2D eigenvalue weighted by Gasteiger charge is 2.31. The van der Waals surface area contributed by atoms with Crippen LogP contribution in [0.2, 0.25) is 0 Å². The second-order valence-electron chi connectivity index (χ2n) is 3.74. The molecule has 4 heteroatoms. The molecule has 1 aliphatic rings. The third-order valence-corrected chi connectivity index (χ3v) is 2.67. The lowest BCUT2D eigenvalue weighted by atomic mass is 9.96. The molecule has 1 fully saturated rings. The normalized spacial score (nSPS) is 21.9. The number of rotatable bonds is 1. The Morgan fingerprint density at radius 1 is 1.27 bits per heavy atom. The van der Waals surface area contributed by atoms with Crippen molar-refractivity contribution >= 4 is 0 Å². The predicted molar refractivity (Wildman–Crippen MR) is 50.7 cm³/mol. The number of benzene rings is 1. The Bertz CT molecular complexity index is 340. The van der Waals surface area contributed by atoms with Gasteiger partial charge in [0.05, 0.1) is 5.56 Å². The second-order valence-corrected chi connectivity index (χ2v) is 3.74. The maximum atomic E-state index is 12.4. The van der Waals surface area contributed by atoms with Gasteiger partial charge in [0.25, 0.3) is 0 Å². The smallest absolute Gasteiger partial charge is 0.241 e. The average molecular weight is 214 g/mol. The van der Waals surface area contributed by atoms with Crippen LogP contribution in [-0.4, -0.2) is 13.1 Å². The van der Waals surface area contributed by atoms with E-state index in [2.05, 4.69) is 5.32 Å². The summed E-state index contributed by atoms with van der Waals surface area (Å²) in [5.74, 6) is 0.173. The van der Waals surface area contributed by atoms with Crippen molar-refractivity contribution in [1.82, 2.24) is 5.32 Å². The Balaban J connectivity index is 2.26. The van der Waals surface area contributed by atoms with E-state index in [0.717, 1.165) is 24.6 Å². The van der Waals surface area contributed by atoms with Gasteiger partial charge in [-0.2, -0.15) is 13.2 Å². The Morgan fingerprint density at radius 3 is 2.67 bits per heavy atom. The molecule has 0 N–H and O–H groups in total. The Kier molecular flexibility index (Phi) is 2.69. The van der Waals surface area contributed by atoms with Crippen molar-refractivity contribution in [2.45, 2.75) is 18.5 Å². The molecule has 1 unspecified atom stereocenters. The van der Waals surface area contributed by atoms with Crippen LogP contribution in [0, 0.1) is 0 Å². The van der Waals surface area contributed by atoms with E-state index in [9.17, 15) is 13.2 Å². The van der Waals surface area contributed by atoms with E-state index in [1.54, 1.807) is 6.07 Å². The molecule has 0 aliphatic carbocycles. The minimum atomic E-state index is -4.24. The van der Waals surface area contributed by atoms with Crippen molar-refractivity contribution < 1.29 is 13.2 Å². The monoisotopic (exact) mass is 214 g/mol. The van der Waals surface area contributed by atoms with Gasteiger partial charge in [0, 0.05) is 13.1 Å². The number of hydrogen-bond acceptors (Lipinski definition) is 0. The molecule has 1 aromatic rings. The largest absolute Gasteiger partial charge is 0.416 e. The fourth-order valence-electron chi connectivity index (χ4n) is 1.83. The number of alkyl halides is 3. The molecule has 15 heavy (non-hydrogen) atoms. The quantitative estimate of drug-likeness (QED) is 0.682. The summed E-state index contributed by atoms with van der Waals surface area (Å²) in [6.07, 6.45) is -3.38. The first kappa shape index (κ1) is 10.5. The van der Waals surface area contributed by atoms with Crippen LogP contribution in [0.3, 0.4) is 0 Å². The summed E-state index contributed by atoms with van der Waals surface area (Å²) in [6.45, 7) is 1.42. The van der Waals surface area contributed by atoms with Gasteiger partial charge in [-0.05, 0) is 24.0 Å². The minimum absolute atomic E-state index is 0.173. The van der Waals surface area contributed by atoms with Gasteiger partial charge in [0.15, 0.2) is 0 Å². The van der Waals surface area contributed by atoms with Crippen molar-refractivity contribution in [2.24, 2.45) is 0 Å². The van der Waals surface area contributed by atoms with Crippen LogP contribution >= 0.6 is 0 Å². The molecule has 1 radical (unpaired) electrons. The maximum absolute atomic E-state index is 12.4. The lowest BCUT2D eigenvalue weighted by Gasteiger charge is -2.12.